The van der Waals surface area contributed by atoms with Crippen molar-refractivity contribution in [1.82, 2.24) is 10.2 Å². The number of unbranched alkanes of at least 4 members (excludes halogenated alkanes) is 24. The van der Waals surface area contributed by atoms with Crippen molar-refractivity contribution in [2.24, 2.45) is 4.99 Å². The molecular formula is C40H75N3O. The van der Waals surface area contributed by atoms with Crippen LogP contribution in [-0.4, -0.2) is 42.8 Å². The van der Waals surface area contributed by atoms with Gasteiger partial charge in [-0.15, -0.1) is 0 Å². The Balaban J connectivity index is 1.90. The fraction of sp³-hybridized carbons (Fsp3) is 0.850. The molecule has 0 saturated heterocycles. The number of carbonyl (C=O) groups excluding carboxylic acids is 1. The third-order valence-corrected chi connectivity index (χ3v) is 9.08. The van der Waals surface area contributed by atoms with E-state index in [9.17, 15) is 4.79 Å². The van der Waals surface area contributed by atoms with Crippen molar-refractivity contribution in [3.63, 3.8) is 0 Å². The van der Waals surface area contributed by atoms with Gasteiger partial charge in [0.1, 0.15) is 5.84 Å². The second-order valence-corrected chi connectivity index (χ2v) is 13.3. The van der Waals surface area contributed by atoms with Crippen LogP contribution in [0.25, 0.3) is 0 Å². The summed E-state index contributed by atoms with van der Waals surface area (Å²) in [5.41, 5.74) is 0. The number of amides is 1. The smallest absolute Gasteiger partial charge is 0.220 e. The van der Waals surface area contributed by atoms with E-state index in [2.05, 4.69) is 53.4 Å². The Labute approximate surface area is 275 Å². The molecule has 1 aliphatic heterocycles. The summed E-state index contributed by atoms with van der Waals surface area (Å²) in [5.74, 6) is 1.31. The van der Waals surface area contributed by atoms with Crippen molar-refractivity contribution < 1.29 is 4.79 Å². The van der Waals surface area contributed by atoms with E-state index in [1.807, 2.05) is 0 Å². The summed E-state index contributed by atoms with van der Waals surface area (Å²) >= 11 is 0. The van der Waals surface area contributed by atoms with Gasteiger partial charge >= 0.3 is 0 Å². The molecule has 0 aliphatic carbocycles. The van der Waals surface area contributed by atoms with E-state index >= 15 is 0 Å². The summed E-state index contributed by atoms with van der Waals surface area (Å²) in [6.45, 7) is 8.00. The van der Waals surface area contributed by atoms with E-state index in [4.69, 9.17) is 0 Å². The molecule has 0 bridgehead atoms. The zero-order valence-electron chi connectivity index (χ0n) is 29.7. The molecule has 1 N–H and O–H groups in total. The molecule has 44 heavy (non-hydrogen) atoms. The first-order valence-electron chi connectivity index (χ1n) is 19.7. The van der Waals surface area contributed by atoms with Crippen LogP contribution in [0.5, 0.6) is 0 Å². The number of carbonyl (C=O) groups is 1. The summed E-state index contributed by atoms with van der Waals surface area (Å²) in [6, 6.07) is 0. The van der Waals surface area contributed by atoms with E-state index in [0.29, 0.717) is 6.42 Å². The SMILES string of the molecule is CCCCCCCCC=CCCCCCCCC(=O)NCCN1CCN=C1C=CCCCCCCCCCCCCCCC. The monoisotopic (exact) mass is 614 g/mol. The Kier molecular flexibility index (Phi) is 30.2. The van der Waals surface area contributed by atoms with Gasteiger partial charge in [0, 0.05) is 26.1 Å². The number of hydrogen-bond donors (Lipinski definition) is 1. The van der Waals surface area contributed by atoms with Crippen LogP contribution < -0.4 is 5.32 Å². The summed E-state index contributed by atoms with van der Waals surface area (Å²) in [5, 5.41) is 3.13. The zero-order chi connectivity index (χ0) is 31.6. The molecule has 0 fully saturated rings. The Morgan fingerprint density at radius 3 is 1.55 bits per heavy atom. The van der Waals surface area contributed by atoms with Crippen LogP contribution in [0, 0.1) is 0 Å². The molecule has 0 radical (unpaired) electrons. The average molecular weight is 614 g/mol. The van der Waals surface area contributed by atoms with Crippen LogP contribution in [0.2, 0.25) is 0 Å². The molecule has 256 valence electrons. The normalized spacial score (nSPS) is 13.5. The minimum Gasteiger partial charge on any atom is -0.354 e. The van der Waals surface area contributed by atoms with Crippen molar-refractivity contribution in [3.05, 3.63) is 24.3 Å². The highest BCUT2D eigenvalue weighted by Crippen LogP contribution is 2.14. The molecule has 1 heterocycles. The van der Waals surface area contributed by atoms with Gasteiger partial charge in [-0.1, -0.05) is 160 Å². The second-order valence-electron chi connectivity index (χ2n) is 13.3. The number of nitrogens with zero attached hydrogens (tertiary/aromatic N) is 2. The lowest BCUT2D eigenvalue weighted by Crippen LogP contribution is -2.36. The van der Waals surface area contributed by atoms with Crippen molar-refractivity contribution in [2.45, 2.75) is 194 Å². The van der Waals surface area contributed by atoms with E-state index < -0.39 is 0 Å². The van der Waals surface area contributed by atoms with Gasteiger partial charge < -0.3 is 10.2 Å². The fourth-order valence-electron chi connectivity index (χ4n) is 6.13. The summed E-state index contributed by atoms with van der Waals surface area (Å²) in [7, 11) is 0. The first kappa shape index (κ1) is 40.4. The van der Waals surface area contributed by atoms with Crippen LogP contribution in [0.1, 0.15) is 194 Å². The molecule has 1 aliphatic rings. The van der Waals surface area contributed by atoms with Crippen LogP contribution in [0.15, 0.2) is 29.3 Å². The van der Waals surface area contributed by atoms with Crippen LogP contribution in [0.3, 0.4) is 0 Å². The Morgan fingerprint density at radius 1 is 0.614 bits per heavy atom. The molecule has 0 atom stereocenters. The molecular weight excluding hydrogens is 538 g/mol. The zero-order valence-corrected chi connectivity index (χ0v) is 29.7. The molecule has 4 nitrogen and oxygen atoms in total. The Bertz CT molecular complexity index is 713. The third-order valence-electron chi connectivity index (χ3n) is 9.08. The number of allylic oxidation sites excluding steroid dienone is 3. The van der Waals surface area contributed by atoms with Crippen LogP contribution in [-0.2, 0) is 4.79 Å². The van der Waals surface area contributed by atoms with Gasteiger partial charge in [-0.3, -0.25) is 9.79 Å². The highest BCUT2D eigenvalue weighted by atomic mass is 16.1. The quantitative estimate of drug-likeness (QED) is 0.0591. The van der Waals surface area contributed by atoms with Crippen molar-refractivity contribution >= 4 is 11.7 Å². The average Bonchev–Trinajstić information content (AvgIpc) is 3.48. The van der Waals surface area contributed by atoms with Gasteiger partial charge in [-0.05, 0) is 51.0 Å². The summed E-state index contributed by atoms with van der Waals surface area (Å²) in [6.07, 6.45) is 46.1. The molecule has 0 aromatic rings. The van der Waals surface area contributed by atoms with Crippen molar-refractivity contribution in [2.75, 3.05) is 26.2 Å². The van der Waals surface area contributed by atoms with Gasteiger partial charge in [0.05, 0.1) is 6.54 Å². The maximum absolute atomic E-state index is 12.3. The highest BCUT2D eigenvalue weighted by Gasteiger charge is 2.14. The first-order chi connectivity index (χ1) is 21.8. The molecule has 1 rings (SSSR count). The molecule has 0 aromatic heterocycles. The van der Waals surface area contributed by atoms with Crippen LogP contribution >= 0.6 is 0 Å². The minimum atomic E-state index is 0.207. The molecule has 0 spiro atoms. The van der Waals surface area contributed by atoms with Gasteiger partial charge in [-0.25, -0.2) is 0 Å². The number of hydrogen-bond acceptors (Lipinski definition) is 3. The molecule has 4 heteroatoms. The number of nitrogens with one attached hydrogen (secondary N) is 1. The summed E-state index contributed by atoms with van der Waals surface area (Å²) in [4.78, 5) is 19.3. The van der Waals surface area contributed by atoms with Crippen LogP contribution in [0.4, 0.5) is 0 Å². The third kappa shape index (κ3) is 26.8. The predicted octanol–water partition coefficient (Wildman–Crippen LogP) is 11.9. The molecule has 0 aromatic carbocycles. The summed E-state index contributed by atoms with van der Waals surface area (Å²) < 4.78 is 0. The fourth-order valence-corrected chi connectivity index (χ4v) is 6.13. The lowest BCUT2D eigenvalue weighted by molar-refractivity contribution is -0.121. The minimum absolute atomic E-state index is 0.207. The van der Waals surface area contributed by atoms with Gasteiger partial charge in [0.25, 0.3) is 0 Å². The standard InChI is InChI=1S/C40H75N3O/c1-3-5-7-9-11-13-15-17-19-21-23-25-27-29-31-33-39-41-35-37-43(39)38-36-42-40(44)34-32-30-28-26-24-22-20-18-16-14-12-10-8-6-4-2/h18,20,31,33H,3-17,19,21-30,32,34-38H2,1-2H3,(H,42,44). The Hall–Kier alpha value is -1.58. The molecule has 0 unspecified atom stereocenters. The Morgan fingerprint density at radius 2 is 1.05 bits per heavy atom. The van der Waals surface area contributed by atoms with E-state index in [1.165, 1.54) is 161 Å². The van der Waals surface area contributed by atoms with E-state index in [1.54, 1.807) is 0 Å². The molecule has 0 saturated carbocycles. The number of rotatable bonds is 33. The van der Waals surface area contributed by atoms with Gasteiger partial charge in [0.2, 0.25) is 5.91 Å². The predicted molar refractivity (Wildman–Crippen MR) is 196 cm³/mol. The topological polar surface area (TPSA) is 44.7 Å². The van der Waals surface area contributed by atoms with Crippen molar-refractivity contribution in [3.8, 4) is 0 Å². The number of aliphatic imine (C=N–C) groups is 1. The highest BCUT2D eigenvalue weighted by molar-refractivity contribution is 5.94. The number of amidine groups is 1. The lowest BCUT2D eigenvalue weighted by Gasteiger charge is -2.18. The van der Waals surface area contributed by atoms with E-state index in [0.717, 1.165) is 44.9 Å². The van der Waals surface area contributed by atoms with E-state index in [-0.39, 0.29) is 5.91 Å². The maximum atomic E-state index is 12.3. The second kappa shape index (κ2) is 32.8. The molecule has 1 amide bonds. The largest absolute Gasteiger partial charge is 0.354 e. The van der Waals surface area contributed by atoms with Gasteiger partial charge in [0.15, 0.2) is 0 Å². The van der Waals surface area contributed by atoms with Gasteiger partial charge in [-0.2, -0.15) is 0 Å². The van der Waals surface area contributed by atoms with Crippen molar-refractivity contribution in [1.29, 1.82) is 0 Å². The maximum Gasteiger partial charge on any atom is 0.220 e. The first-order valence-corrected chi connectivity index (χ1v) is 19.7. The lowest BCUT2D eigenvalue weighted by atomic mass is 10.0.